The van der Waals surface area contributed by atoms with Crippen molar-refractivity contribution < 1.29 is 9.18 Å². The topological polar surface area (TPSA) is 32.3 Å². The van der Waals surface area contributed by atoms with Gasteiger partial charge in [-0.15, -0.1) is 0 Å². The van der Waals surface area contributed by atoms with E-state index in [9.17, 15) is 9.18 Å². The van der Waals surface area contributed by atoms with E-state index in [1.54, 1.807) is 12.1 Å². The Morgan fingerprint density at radius 1 is 1.00 bits per heavy atom. The van der Waals surface area contributed by atoms with Crippen LogP contribution in [0, 0.1) is 5.82 Å². The number of benzene rings is 3. The van der Waals surface area contributed by atoms with Gasteiger partial charge in [-0.25, -0.2) is 4.39 Å². The minimum atomic E-state index is -0.289. The molecule has 0 aromatic heterocycles. The number of nitrogens with one attached hydrogen (secondary N) is 1. The number of nitrogens with zero attached hydrogens (tertiary/aromatic N) is 1. The van der Waals surface area contributed by atoms with Gasteiger partial charge in [0.2, 0.25) is 5.91 Å². The van der Waals surface area contributed by atoms with Gasteiger partial charge in [-0.3, -0.25) is 4.79 Å². The first-order valence-corrected chi connectivity index (χ1v) is 9.59. The van der Waals surface area contributed by atoms with Crippen LogP contribution in [0.25, 0.3) is 0 Å². The second-order valence-electron chi connectivity index (χ2n) is 7.27. The molecule has 2 unspecified atom stereocenters. The van der Waals surface area contributed by atoms with Gasteiger partial charge in [0.15, 0.2) is 0 Å². The van der Waals surface area contributed by atoms with Crippen LogP contribution >= 0.6 is 0 Å². The Balaban J connectivity index is 1.60. The quantitative estimate of drug-likeness (QED) is 0.668. The summed E-state index contributed by atoms with van der Waals surface area (Å²) in [4.78, 5) is 15.0. The van der Waals surface area contributed by atoms with Crippen LogP contribution in [0.1, 0.15) is 30.5 Å². The van der Waals surface area contributed by atoms with Crippen LogP contribution in [0.4, 0.5) is 15.8 Å². The van der Waals surface area contributed by atoms with Crippen molar-refractivity contribution in [3.63, 3.8) is 0 Å². The molecule has 0 aliphatic carbocycles. The molecule has 3 aromatic rings. The van der Waals surface area contributed by atoms with Gasteiger partial charge in [-0.2, -0.15) is 0 Å². The van der Waals surface area contributed by atoms with Gasteiger partial charge in [0, 0.05) is 17.4 Å². The molecule has 0 bridgehead atoms. The molecule has 2 atom stereocenters. The number of hydrogen-bond acceptors (Lipinski definition) is 2. The second-order valence-corrected chi connectivity index (χ2v) is 7.27. The van der Waals surface area contributed by atoms with Gasteiger partial charge in [-0.05, 0) is 54.8 Å². The van der Waals surface area contributed by atoms with E-state index in [1.807, 2.05) is 41.3 Å². The summed E-state index contributed by atoms with van der Waals surface area (Å²) in [5, 5.41) is 3.60. The largest absolute Gasteiger partial charge is 0.378 e. The fourth-order valence-electron chi connectivity index (χ4n) is 3.93. The Kier molecular flexibility index (Phi) is 5.11. The number of carbonyl (C=O) groups excluding carboxylic acids is 1. The number of fused-ring (bicyclic) bond motifs is 1. The molecule has 1 aliphatic rings. The second kappa shape index (κ2) is 7.85. The van der Waals surface area contributed by atoms with E-state index in [0.29, 0.717) is 0 Å². The summed E-state index contributed by atoms with van der Waals surface area (Å²) < 4.78 is 13.2. The van der Waals surface area contributed by atoms with E-state index < -0.39 is 0 Å². The normalized spacial score (nSPS) is 18.4. The maximum Gasteiger partial charge on any atom is 0.231 e. The Labute approximate surface area is 164 Å². The van der Waals surface area contributed by atoms with E-state index in [0.717, 1.165) is 28.9 Å². The third kappa shape index (κ3) is 3.77. The average Bonchev–Trinajstić information content (AvgIpc) is 2.70. The van der Waals surface area contributed by atoms with Gasteiger partial charge < -0.3 is 10.2 Å². The Bertz CT molecular complexity index is 956. The number of rotatable bonds is 4. The third-order valence-electron chi connectivity index (χ3n) is 5.24. The van der Waals surface area contributed by atoms with Crippen LogP contribution in [-0.4, -0.2) is 11.9 Å². The molecule has 0 saturated carbocycles. The van der Waals surface area contributed by atoms with Gasteiger partial charge in [0.25, 0.3) is 0 Å². The molecule has 142 valence electrons. The lowest BCUT2D eigenvalue weighted by Crippen LogP contribution is -2.45. The van der Waals surface area contributed by atoms with Crippen LogP contribution in [0.3, 0.4) is 0 Å². The first kappa shape index (κ1) is 18.2. The summed E-state index contributed by atoms with van der Waals surface area (Å²) in [7, 11) is 0. The summed E-state index contributed by atoms with van der Waals surface area (Å²) in [5.74, 6) is -0.257. The first-order chi connectivity index (χ1) is 13.6. The monoisotopic (exact) mass is 374 g/mol. The van der Waals surface area contributed by atoms with Crippen LogP contribution in [0.15, 0.2) is 78.9 Å². The zero-order valence-electron chi connectivity index (χ0n) is 15.8. The molecule has 3 nitrogen and oxygen atoms in total. The van der Waals surface area contributed by atoms with Crippen molar-refractivity contribution >= 4 is 17.3 Å². The molecular weight excluding hydrogens is 351 g/mol. The Morgan fingerprint density at radius 3 is 2.43 bits per heavy atom. The number of para-hydroxylation sites is 2. The van der Waals surface area contributed by atoms with E-state index in [2.05, 4.69) is 30.4 Å². The molecule has 28 heavy (non-hydrogen) atoms. The summed E-state index contributed by atoms with van der Waals surface area (Å²) >= 11 is 0. The number of carbonyl (C=O) groups is 1. The molecule has 0 fully saturated rings. The minimum Gasteiger partial charge on any atom is -0.378 e. The zero-order valence-corrected chi connectivity index (χ0v) is 15.8. The standard InChI is InChI=1S/C24H23FN2O/c1-17-15-22(26-20-7-3-2-4-8-20)21-9-5-6-10-23(21)27(17)24(28)16-18-11-13-19(25)14-12-18/h2-14,17,22,26H,15-16H2,1H3. The average molecular weight is 374 g/mol. The molecular formula is C24H23FN2O. The van der Waals surface area contributed by atoms with Crippen molar-refractivity contribution in [3.8, 4) is 0 Å². The fraction of sp³-hybridized carbons (Fsp3) is 0.208. The minimum absolute atomic E-state index is 0.0321. The van der Waals surface area contributed by atoms with Crippen molar-refractivity contribution in [1.29, 1.82) is 0 Å². The van der Waals surface area contributed by atoms with Gasteiger partial charge in [0.1, 0.15) is 5.82 Å². The molecule has 4 rings (SSSR count). The number of amides is 1. The summed E-state index contributed by atoms with van der Waals surface area (Å²) in [6, 6.07) is 24.5. The molecule has 1 heterocycles. The highest BCUT2D eigenvalue weighted by molar-refractivity contribution is 5.96. The maximum atomic E-state index is 13.2. The third-order valence-corrected chi connectivity index (χ3v) is 5.24. The van der Waals surface area contributed by atoms with Crippen LogP contribution in [-0.2, 0) is 11.2 Å². The summed E-state index contributed by atoms with van der Waals surface area (Å²) in [5.41, 5.74) is 3.96. The molecule has 1 amide bonds. The van der Waals surface area contributed by atoms with E-state index in [-0.39, 0.29) is 30.2 Å². The van der Waals surface area contributed by atoms with Crippen molar-refractivity contribution in [1.82, 2.24) is 0 Å². The number of anilines is 2. The van der Waals surface area contributed by atoms with Crippen LogP contribution in [0.2, 0.25) is 0 Å². The lowest BCUT2D eigenvalue weighted by atomic mass is 9.91. The smallest absolute Gasteiger partial charge is 0.231 e. The van der Waals surface area contributed by atoms with Gasteiger partial charge >= 0.3 is 0 Å². The predicted molar refractivity (Wildman–Crippen MR) is 111 cm³/mol. The van der Waals surface area contributed by atoms with Crippen molar-refractivity contribution in [2.75, 3.05) is 10.2 Å². The predicted octanol–water partition coefficient (Wildman–Crippen LogP) is 5.35. The van der Waals surface area contributed by atoms with E-state index in [4.69, 9.17) is 0 Å². The first-order valence-electron chi connectivity index (χ1n) is 9.59. The highest BCUT2D eigenvalue weighted by Crippen LogP contribution is 2.39. The van der Waals surface area contributed by atoms with E-state index in [1.165, 1.54) is 12.1 Å². The molecule has 0 radical (unpaired) electrons. The lowest BCUT2D eigenvalue weighted by molar-refractivity contribution is -0.118. The summed E-state index contributed by atoms with van der Waals surface area (Å²) in [6.45, 7) is 2.08. The van der Waals surface area contributed by atoms with Crippen molar-refractivity contribution in [2.45, 2.75) is 31.8 Å². The number of halogens is 1. The molecule has 3 aromatic carbocycles. The van der Waals surface area contributed by atoms with Gasteiger partial charge in [0.05, 0.1) is 12.5 Å². The molecule has 4 heteroatoms. The maximum absolute atomic E-state index is 13.2. The van der Waals surface area contributed by atoms with Crippen molar-refractivity contribution in [2.24, 2.45) is 0 Å². The lowest BCUT2D eigenvalue weighted by Gasteiger charge is -2.40. The molecule has 1 aliphatic heterocycles. The Hall–Kier alpha value is -3.14. The fourth-order valence-corrected chi connectivity index (χ4v) is 3.93. The molecule has 1 N–H and O–H groups in total. The summed E-state index contributed by atoms with van der Waals surface area (Å²) in [6.07, 6.45) is 1.08. The number of hydrogen-bond donors (Lipinski definition) is 1. The molecule has 0 saturated heterocycles. The highest BCUT2D eigenvalue weighted by atomic mass is 19.1. The SMILES string of the molecule is CC1CC(Nc2ccccc2)c2ccccc2N1C(=O)Cc1ccc(F)cc1. The van der Waals surface area contributed by atoms with E-state index >= 15 is 0 Å². The Morgan fingerprint density at radius 2 is 1.68 bits per heavy atom. The molecule has 0 spiro atoms. The zero-order chi connectivity index (χ0) is 19.5. The highest BCUT2D eigenvalue weighted by Gasteiger charge is 2.33. The van der Waals surface area contributed by atoms with Crippen LogP contribution < -0.4 is 10.2 Å². The van der Waals surface area contributed by atoms with Crippen LogP contribution in [0.5, 0.6) is 0 Å². The van der Waals surface area contributed by atoms with Gasteiger partial charge in [-0.1, -0.05) is 48.5 Å². The van der Waals surface area contributed by atoms with Crippen molar-refractivity contribution in [3.05, 3.63) is 95.8 Å².